The minimum atomic E-state index is -3.83. The van der Waals surface area contributed by atoms with Crippen molar-refractivity contribution in [1.29, 1.82) is 0 Å². The van der Waals surface area contributed by atoms with Crippen molar-refractivity contribution in [2.45, 2.75) is 43.7 Å². The van der Waals surface area contributed by atoms with Crippen LogP contribution < -0.4 is 0 Å². The fourth-order valence-corrected chi connectivity index (χ4v) is 6.42. The van der Waals surface area contributed by atoms with Crippen molar-refractivity contribution in [3.63, 3.8) is 0 Å². The highest BCUT2D eigenvalue weighted by atomic mass is 32.2. The SMILES string of the molecule is Cc1ccc(S(=O)(=O)N2C[C@@H](F)CC(c3ccccc3C)(c3ccccc3C)C2)cc1. The number of sulfonamides is 1. The molecule has 5 heteroatoms. The molecule has 1 atom stereocenters. The van der Waals surface area contributed by atoms with Crippen LogP contribution in [0.15, 0.2) is 77.7 Å². The topological polar surface area (TPSA) is 37.4 Å². The van der Waals surface area contributed by atoms with Crippen LogP contribution in [0.2, 0.25) is 0 Å². The summed E-state index contributed by atoms with van der Waals surface area (Å²) in [6.07, 6.45) is -1.02. The van der Waals surface area contributed by atoms with Gasteiger partial charge in [-0.2, -0.15) is 4.31 Å². The fraction of sp³-hybridized carbons (Fsp3) is 0.308. The number of aryl methyl sites for hydroxylation is 3. The molecule has 0 aliphatic carbocycles. The largest absolute Gasteiger partial charge is 0.246 e. The van der Waals surface area contributed by atoms with Gasteiger partial charge < -0.3 is 0 Å². The molecule has 4 rings (SSSR count). The Hall–Kier alpha value is -2.50. The van der Waals surface area contributed by atoms with Crippen LogP contribution in [0.4, 0.5) is 4.39 Å². The van der Waals surface area contributed by atoms with Crippen LogP contribution >= 0.6 is 0 Å². The minimum Gasteiger partial charge on any atom is -0.246 e. The molecule has 162 valence electrons. The molecule has 1 saturated heterocycles. The van der Waals surface area contributed by atoms with Gasteiger partial charge in [-0.05, 0) is 61.6 Å². The molecule has 3 aromatic carbocycles. The number of hydrogen-bond donors (Lipinski definition) is 0. The highest BCUT2D eigenvalue weighted by Crippen LogP contribution is 2.44. The molecule has 0 radical (unpaired) electrons. The molecular weight excluding hydrogens is 409 g/mol. The van der Waals surface area contributed by atoms with E-state index >= 15 is 4.39 Å². The van der Waals surface area contributed by atoms with E-state index in [-0.39, 0.29) is 24.4 Å². The van der Waals surface area contributed by atoms with Crippen LogP contribution in [-0.4, -0.2) is 32.0 Å². The van der Waals surface area contributed by atoms with Crippen molar-refractivity contribution in [2.75, 3.05) is 13.1 Å². The number of nitrogens with zero attached hydrogens (tertiary/aromatic N) is 1. The lowest BCUT2D eigenvalue weighted by Crippen LogP contribution is -2.53. The Bertz CT molecular complexity index is 1140. The zero-order valence-electron chi connectivity index (χ0n) is 18.2. The second-order valence-corrected chi connectivity index (χ2v) is 10.6. The van der Waals surface area contributed by atoms with E-state index in [1.807, 2.05) is 69.3 Å². The molecule has 0 amide bonds. The summed E-state index contributed by atoms with van der Waals surface area (Å²) in [4.78, 5) is 0.204. The normalized spacial score (nSPS) is 19.3. The van der Waals surface area contributed by atoms with Gasteiger partial charge in [-0.3, -0.25) is 0 Å². The van der Waals surface area contributed by atoms with Gasteiger partial charge in [0.1, 0.15) is 6.17 Å². The van der Waals surface area contributed by atoms with E-state index in [1.54, 1.807) is 24.3 Å². The van der Waals surface area contributed by atoms with E-state index in [4.69, 9.17) is 0 Å². The highest BCUT2D eigenvalue weighted by Gasteiger charge is 2.47. The van der Waals surface area contributed by atoms with Crippen molar-refractivity contribution in [3.05, 3.63) is 101 Å². The van der Waals surface area contributed by atoms with Gasteiger partial charge in [0.15, 0.2) is 0 Å². The Morgan fingerprint density at radius 1 is 0.839 bits per heavy atom. The van der Waals surface area contributed by atoms with Crippen LogP contribution in [0, 0.1) is 20.8 Å². The molecule has 0 bridgehead atoms. The second kappa shape index (κ2) is 8.21. The van der Waals surface area contributed by atoms with E-state index in [1.165, 1.54) is 4.31 Å². The Morgan fingerprint density at radius 2 is 1.35 bits per heavy atom. The molecule has 0 unspecified atom stereocenters. The third kappa shape index (κ3) is 3.92. The number of piperidine rings is 1. The number of benzene rings is 3. The van der Waals surface area contributed by atoms with Gasteiger partial charge in [0.05, 0.1) is 4.90 Å². The Labute approximate surface area is 184 Å². The molecule has 1 aliphatic rings. The fourth-order valence-electron chi connectivity index (χ4n) is 4.89. The zero-order chi connectivity index (χ0) is 22.2. The van der Waals surface area contributed by atoms with Crippen molar-refractivity contribution in [2.24, 2.45) is 0 Å². The maximum absolute atomic E-state index is 15.4. The van der Waals surface area contributed by atoms with Gasteiger partial charge in [-0.25, -0.2) is 12.8 Å². The van der Waals surface area contributed by atoms with Crippen LogP contribution in [-0.2, 0) is 15.4 Å². The van der Waals surface area contributed by atoms with Gasteiger partial charge in [0.25, 0.3) is 0 Å². The first-order chi connectivity index (χ1) is 14.7. The summed E-state index contributed by atoms with van der Waals surface area (Å²) in [5, 5.41) is 0. The minimum absolute atomic E-state index is 0.129. The molecule has 3 nitrogen and oxygen atoms in total. The monoisotopic (exact) mass is 437 g/mol. The Morgan fingerprint density at radius 3 is 1.87 bits per heavy atom. The first-order valence-electron chi connectivity index (χ1n) is 10.6. The number of hydrogen-bond acceptors (Lipinski definition) is 2. The van der Waals surface area contributed by atoms with Crippen LogP contribution in [0.3, 0.4) is 0 Å². The standard InChI is InChI=1S/C26H28FNO2S/c1-19-12-14-23(15-13-19)31(29,30)28-17-22(27)16-26(18-28,24-10-6-4-8-20(24)2)25-11-7-5-9-21(25)3/h4-15,22H,16-18H2,1-3H3/t22-/m0/s1. The first-order valence-corrected chi connectivity index (χ1v) is 12.0. The van der Waals surface area contributed by atoms with E-state index in [2.05, 4.69) is 0 Å². The summed E-state index contributed by atoms with van der Waals surface area (Å²) in [6.45, 7) is 6.01. The quantitative estimate of drug-likeness (QED) is 0.553. The van der Waals surface area contributed by atoms with E-state index < -0.39 is 21.6 Å². The van der Waals surface area contributed by atoms with Gasteiger partial charge in [0, 0.05) is 18.5 Å². The summed E-state index contributed by atoms with van der Waals surface area (Å²) < 4.78 is 43.8. The van der Waals surface area contributed by atoms with Crippen LogP contribution in [0.5, 0.6) is 0 Å². The first kappa shape index (κ1) is 21.7. The second-order valence-electron chi connectivity index (χ2n) is 8.62. The third-order valence-electron chi connectivity index (χ3n) is 6.40. The number of halogens is 1. The maximum Gasteiger partial charge on any atom is 0.243 e. The van der Waals surface area contributed by atoms with Crippen molar-refractivity contribution >= 4 is 10.0 Å². The molecule has 1 heterocycles. The van der Waals surface area contributed by atoms with Gasteiger partial charge in [0.2, 0.25) is 10.0 Å². The average Bonchev–Trinajstić information content (AvgIpc) is 2.74. The number of rotatable bonds is 4. The molecule has 0 spiro atoms. The van der Waals surface area contributed by atoms with Crippen LogP contribution in [0.25, 0.3) is 0 Å². The molecular formula is C26H28FNO2S. The van der Waals surface area contributed by atoms with Gasteiger partial charge in [-0.15, -0.1) is 0 Å². The molecule has 0 saturated carbocycles. The average molecular weight is 438 g/mol. The molecule has 0 N–H and O–H groups in total. The lowest BCUT2D eigenvalue weighted by atomic mass is 9.67. The van der Waals surface area contributed by atoms with Gasteiger partial charge >= 0.3 is 0 Å². The highest BCUT2D eigenvalue weighted by molar-refractivity contribution is 7.89. The van der Waals surface area contributed by atoms with Gasteiger partial charge in [-0.1, -0.05) is 66.2 Å². The van der Waals surface area contributed by atoms with E-state index in [0.717, 1.165) is 27.8 Å². The van der Waals surface area contributed by atoms with Crippen molar-refractivity contribution in [3.8, 4) is 0 Å². The lowest BCUT2D eigenvalue weighted by molar-refractivity contribution is 0.147. The van der Waals surface area contributed by atoms with Crippen molar-refractivity contribution in [1.82, 2.24) is 4.31 Å². The number of alkyl halides is 1. The van der Waals surface area contributed by atoms with E-state index in [0.29, 0.717) is 0 Å². The molecule has 0 aromatic heterocycles. The summed E-state index contributed by atoms with van der Waals surface area (Å²) in [7, 11) is -3.83. The summed E-state index contributed by atoms with van der Waals surface area (Å²) >= 11 is 0. The summed E-state index contributed by atoms with van der Waals surface area (Å²) in [6, 6.07) is 22.6. The smallest absolute Gasteiger partial charge is 0.243 e. The third-order valence-corrected chi connectivity index (χ3v) is 8.22. The molecule has 31 heavy (non-hydrogen) atoms. The van der Waals surface area contributed by atoms with Crippen LogP contribution in [0.1, 0.15) is 34.2 Å². The summed E-state index contributed by atoms with van der Waals surface area (Å²) in [5.41, 5.74) is 4.26. The predicted octanol–water partition coefficient (Wildman–Crippen LogP) is 5.33. The summed E-state index contributed by atoms with van der Waals surface area (Å²) in [5.74, 6) is 0. The Kier molecular flexibility index (Phi) is 5.75. The lowest BCUT2D eigenvalue weighted by Gasteiger charge is -2.45. The predicted molar refractivity (Wildman–Crippen MR) is 123 cm³/mol. The molecule has 1 fully saturated rings. The zero-order valence-corrected chi connectivity index (χ0v) is 19.0. The van der Waals surface area contributed by atoms with E-state index in [9.17, 15) is 8.42 Å². The van der Waals surface area contributed by atoms with Crippen molar-refractivity contribution < 1.29 is 12.8 Å². The maximum atomic E-state index is 15.4. The molecule has 1 aliphatic heterocycles. The Balaban J connectivity index is 1.89. The molecule has 3 aromatic rings.